The van der Waals surface area contributed by atoms with Gasteiger partial charge in [-0.3, -0.25) is 122 Å². The number of fused-ring (bicyclic) bond motifs is 3. The molecule has 3 aromatic carbocycles. The Kier molecular flexibility index (Phi) is 29.5. The number of carbonyl (C=O) groups is 12. The molecule has 6 aromatic rings. The molecule has 3 aromatic heterocycles. The van der Waals surface area contributed by atoms with E-state index < -0.39 is 141 Å². The van der Waals surface area contributed by atoms with Crippen molar-refractivity contribution in [3.8, 4) is 0 Å². The molecular formula is C75H83ClF6N20O17. The Morgan fingerprint density at radius 3 is 1.06 bits per heavy atom. The lowest BCUT2D eigenvalue weighted by Crippen LogP contribution is -2.54. The lowest BCUT2D eigenvalue weighted by Gasteiger charge is -2.32. The van der Waals surface area contributed by atoms with E-state index in [1.807, 2.05) is 6.07 Å². The van der Waals surface area contributed by atoms with Crippen molar-refractivity contribution in [1.82, 2.24) is 75.1 Å². The van der Waals surface area contributed by atoms with Gasteiger partial charge in [-0.25, -0.2) is 26.3 Å². The van der Waals surface area contributed by atoms with Crippen LogP contribution in [-0.4, -0.2) is 217 Å². The monoisotopic (exact) mass is 1680 g/mol. The lowest BCUT2D eigenvalue weighted by atomic mass is 9.98. The number of benzene rings is 3. The number of carbonyl (C=O) groups excluding carboxylic acids is 12. The molecule has 6 saturated heterocycles. The summed E-state index contributed by atoms with van der Waals surface area (Å²) in [6.07, 6.45) is 3.30. The first-order valence-corrected chi connectivity index (χ1v) is 38.2. The summed E-state index contributed by atoms with van der Waals surface area (Å²) < 4.78 is 81.5. The summed E-state index contributed by atoms with van der Waals surface area (Å²) in [7, 11) is 0. The highest BCUT2D eigenvalue weighted by Crippen LogP contribution is 2.38. The predicted molar refractivity (Wildman–Crippen MR) is 402 cm³/mol. The third-order valence-electron chi connectivity index (χ3n) is 21.9. The maximum atomic E-state index is 13.2. The Hall–Kier alpha value is -12.1. The number of nitrogens with one attached hydrogen (secondary N) is 4. The van der Waals surface area contributed by atoms with Crippen molar-refractivity contribution >= 4 is 100 Å². The van der Waals surface area contributed by atoms with Gasteiger partial charge in [0.2, 0.25) is 46.8 Å². The van der Waals surface area contributed by atoms with Crippen molar-refractivity contribution < 1.29 is 98.8 Å². The largest absolute Gasteiger partial charge is 0.396 e. The minimum Gasteiger partial charge on any atom is -0.396 e. The Labute approximate surface area is 678 Å². The van der Waals surface area contributed by atoms with Gasteiger partial charge in [0, 0.05) is 69.0 Å². The summed E-state index contributed by atoms with van der Waals surface area (Å²) in [6, 6.07) is 12.0. The summed E-state index contributed by atoms with van der Waals surface area (Å²) in [5.74, 6) is -6.21. The molecule has 9 aliphatic heterocycles. The number of piperidine rings is 6. The maximum Gasteiger partial charge on any atom is 0.316 e. The topological polar surface area (TPSA) is 503 Å². The fraction of sp³-hybridized carbons (Fsp3) is 0.480. The van der Waals surface area contributed by atoms with E-state index in [-0.39, 0.29) is 104 Å². The molecule has 7 N–H and O–H groups in total. The number of likely N-dealkylation sites (tertiary alicyclic amines) is 2. The average molecular weight is 1690 g/mol. The molecule has 119 heavy (non-hydrogen) atoms. The molecule has 3 atom stereocenters. The molecule has 9 aliphatic rings. The van der Waals surface area contributed by atoms with Gasteiger partial charge in [0.25, 0.3) is 54.7 Å². The van der Waals surface area contributed by atoms with Gasteiger partial charge < -0.3 is 26.0 Å². The number of aliphatic hydroxyl groups excluding tert-OH is 1. The third kappa shape index (κ3) is 19.7. The SMILES string of the molecule is Cl.N#N.Nc1cn(C2CCN(CCCc3cccc4c3C(=O)N(C3CCC(=O)NC3=O)C4=O)CC2)nc1C(F)F.O=C1CCC(N2C(=O)c3cccc(CCCN4CCC(n5cc([N+](=O)[O-])c(C(F)F)n5)CC4)c3C2=O)C(=O)N1.O=C1CCC(N2C(=O)c3cccc(CCCO)c3C2=O)C(=O)N1.O=[N+]([O-])c1cn(C2CCNCC2)nc1C(F)F. The summed E-state index contributed by atoms with van der Waals surface area (Å²) in [6.45, 7) is 5.85. The Morgan fingerprint density at radius 1 is 0.454 bits per heavy atom. The molecule has 15 rings (SSSR count). The van der Waals surface area contributed by atoms with E-state index in [1.165, 1.54) is 15.6 Å². The molecule has 0 aliphatic carbocycles. The minimum absolute atomic E-state index is 0. The van der Waals surface area contributed by atoms with Crippen LogP contribution in [0.2, 0.25) is 0 Å². The first-order valence-electron chi connectivity index (χ1n) is 38.2. The van der Waals surface area contributed by atoms with Gasteiger partial charge >= 0.3 is 11.4 Å². The van der Waals surface area contributed by atoms with E-state index >= 15 is 0 Å². The number of hydrogen-bond acceptors (Lipinski definition) is 26. The predicted octanol–water partition coefficient (Wildman–Crippen LogP) is 6.59. The molecule has 12 amide bonds. The lowest BCUT2D eigenvalue weighted by molar-refractivity contribution is -0.386. The second kappa shape index (κ2) is 39.4. The first kappa shape index (κ1) is 89.2. The van der Waals surface area contributed by atoms with Crippen LogP contribution in [0.3, 0.4) is 0 Å². The van der Waals surface area contributed by atoms with E-state index in [4.69, 9.17) is 21.6 Å². The number of anilines is 1. The van der Waals surface area contributed by atoms with Crippen LogP contribution in [0.5, 0.6) is 0 Å². The van der Waals surface area contributed by atoms with Gasteiger partial charge in [0.05, 0.1) is 67.0 Å². The number of aromatic nitrogens is 6. The zero-order valence-corrected chi connectivity index (χ0v) is 64.5. The van der Waals surface area contributed by atoms with Crippen molar-refractivity contribution in [2.45, 2.75) is 171 Å². The molecule has 3 unspecified atom stereocenters. The minimum atomic E-state index is -3.02. The zero-order chi connectivity index (χ0) is 85.1. The van der Waals surface area contributed by atoms with E-state index in [9.17, 15) is 104 Å². The van der Waals surface area contributed by atoms with Gasteiger partial charge in [-0.1, -0.05) is 36.4 Å². The van der Waals surface area contributed by atoms with Crippen LogP contribution in [0.25, 0.3) is 0 Å². The molecule has 0 spiro atoms. The number of nitrogens with two attached hydrogens (primary N) is 1. The van der Waals surface area contributed by atoms with E-state index in [0.29, 0.717) is 92.4 Å². The number of nitro groups is 2. The van der Waals surface area contributed by atoms with Crippen molar-refractivity contribution in [1.29, 1.82) is 10.8 Å². The first-order chi connectivity index (χ1) is 56.5. The molecule has 37 nitrogen and oxygen atoms in total. The number of imide groups is 6. The van der Waals surface area contributed by atoms with Crippen LogP contribution in [0.1, 0.15) is 230 Å². The number of halogens is 7. The molecule has 12 heterocycles. The Bertz CT molecular complexity index is 4940. The molecular weight excluding hydrogens is 1600 g/mol. The van der Waals surface area contributed by atoms with Gasteiger partial charge in [-0.05, 0) is 157 Å². The second-order valence-electron chi connectivity index (χ2n) is 29.1. The van der Waals surface area contributed by atoms with Crippen LogP contribution in [0, 0.1) is 31.0 Å². The highest BCUT2D eigenvalue weighted by atomic mass is 35.5. The van der Waals surface area contributed by atoms with Crippen molar-refractivity contribution in [2.75, 3.05) is 64.7 Å². The molecule has 634 valence electrons. The Balaban J connectivity index is 0.000000173. The summed E-state index contributed by atoms with van der Waals surface area (Å²) >= 11 is 0. The standard InChI is InChI=1S/C25H26F2N6O6.C25H28F2N6O4.C16H16N2O5.C9H12F2N4O2.ClH.N2/c26-22(27)21-18(33(38)39)13-31(29-21)15-8-11-30(12-9-15)10-2-4-14-3-1-5-16-20(14)25(37)32(24(16)36)17-6-7-19(34)28-23(17)35;26-22(27)21-17(28)13-32(30-21)15-8-11-31(12-9-15)10-2-4-14-3-1-5-16-20(14)25(37)33(24(16)36)18-6-7-19(34)29-23(18)35;19-8-2-4-9-3-1-5-10-13(9)16(23)18(15(10)22)11-6-7-12(20)17-14(11)21;10-9(11)8-7(15(16)17)5-14(13-8)6-1-3-12-4-2-6;;1-2/h1,3,5,13,15,17,22H,2,4,6-12H2,(H,28,34,35);1,3,5,13,15,18,22H,2,4,6-12,28H2,(H,29,34,35);1,3,5,11,19H,2,4,6-8H2,(H,17,20,21);5-6,9,12H,1-4H2;1H;. The number of rotatable bonds is 22. The normalized spacial score (nSPS) is 19.9. The highest BCUT2D eigenvalue weighted by molar-refractivity contribution is 6.26. The number of alkyl halides is 6. The number of amides is 12. The van der Waals surface area contributed by atoms with Gasteiger partial charge in [-0.2, -0.15) is 15.3 Å². The number of aryl methyl sites for hydroxylation is 3. The number of nitrogens with zero attached hydrogens (tertiary/aromatic N) is 15. The summed E-state index contributed by atoms with van der Waals surface area (Å²) in [5, 5.41) is 63.8. The summed E-state index contributed by atoms with van der Waals surface area (Å²) in [5.41, 5.74) is 6.36. The zero-order valence-electron chi connectivity index (χ0n) is 63.7. The fourth-order valence-corrected chi connectivity index (χ4v) is 16.1. The number of aliphatic hydroxyl groups is 1. The van der Waals surface area contributed by atoms with Crippen molar-refractivity contribution in [3.05, 3.63) is 161 Å². The number of hydrogen-bond donors (Lipinski definition) is 6. The van der Waals surface area contributed by atoms with Gasteiger partial charge in [0.1, 0.15) is 30.5 Å². The van der Waals surface area contributed by atoms with Crippen LogP contribution in [-0.2, 0) is 48.0 Å². The van der Waals surface area contributed by atoms with E-state index in [0.717, 1.165) is 97.5 Å². The molecule has 6 fully saturated rings. The maximum absolute atomic E-state index is 13.2. The van der Waals surface area contributed by atoms with Crippen LogP contribution in [0.4, 0.5) is 43.4 Å². The Morgan fingerprint density at radius 2 is 0.765 bits per heavy atom. The quantitative estimate of drug-likeness (QED) is 0.0137. The smallest absolute Gasteiger partial charge is 0.316 e. The van der Waals surface area contributed by atoms with Crippen molar-refractivity contribution in [3.63, 3.8) is 0 Å². The molecule has 0 saturated carbocycles. The summed E-state index contributed by atoms with van der Waals surface area (Å²) in [4.78, 5) is 176. The van der Waals surface area contributed by atoms with E-state index in [1.54, 1.807) is 53.2 Å². The molecule has 0 radical (unpaired) electrons. The highest BCUT2D eigenvalue weighted by Gasteiger charge is 2.49. The van der Waals surface area contributed by atoms with Gasteiger partial charge in [0.15, 0.2) is 5.69 Å². The number of nitrogen functional groups attached to an aromatic ring is 1. The van der Waals surface area contributed by atoms with Crippen LogP contribution in [0.15, 0.2) is 73.2 Å². The van der Waals surface area contributed by atoms with Gasteiger partial charge in [-0.15, -0.1) is 12.4 Å². The molecule has 0 bridgehead atoms. The third-order valence-corrected chi connectivity index (χ3v) is 21.9. The fourth-order valence-electron chi connectivity index (χ4n) is 16.1. The molecule has 44 heteroatoms. The van der Waals surface area contributed by atoms with Crippen molar-refractivity contribution in [2.24, 2.45) is 0 Å². The second-order valence-corrected chi connectivity index (χ2v) is 29.1. The van der Waals surface area contributed by atoms with Crippen LogP contribution < -0.4 is 27.0 Å². The van der Waals surface area contributed by atoms with E-state index in [2.05, 4.69) is 46.4 Å². The average Bonchev–Trinajstić information content (AvgIpc) is 1.61. The van der Waals surface area contributed by atoms with Crippen LogP contribution >= 0.6 is 12.4 Å².